The number of hydrogen-bond donors (Lipinski definition) is 1. The van der Waals surface area contributed by atoms with Crippen LogP contribution >= 0.6 is 11.6 Å². The largest absolute Gasteiger partial charge is 0.545 e. The average Bonchev–Trinajstić information content (AvgIpc) is 2.90. The first kappa shape index (κ1) is 17.7. The highest BCUT2D eigenvalue weighted by Crippen LogP contribution is 2.19. The van der Waals surface area contributed by atoms with Crippen molar-refractivity contribution in [2.75, 3.05) is 5.43 Å². The lowest BCUT2D eigenvalue weighted by molar-refractivity contribution is -0.255. The lowest BCUT2D eigenvalue weighted by Gasteiger charge is -2.04. The molecule has 0 saturated heterocycles. The Morgan fingerprint density at radius 3 is 2.58 bits per heavy atom. The molecule has 0 aliphatic heterocycles. The smallest absolute Gasteiger partial charge is 0.136 e. The summed E-state index contributed by atoms with van der Waals surface area (Å²) in [5, 5.41) is 19.8. The van der Waals surface area contributed by atoms with E-state index in [0.717, 1.165) is 16.8 Å². The van der Waals surface area contributed by atoms with Gasteiger partial charge in [-0.1, -0.05) is 54.1 Å². The van der Waals surface area contributed by atoms with E-state index in [1.54, 1.807) is 23.0 Å². The molecule has 0 radical (unpaired) electrons. The predicted octanol–water partition coefficient (Wildman–Crippen LogP) is 2.70. The van der Waals surface area contributed by atoms with E-state index < -0.39 is 5.97 Å². The summed E-state index contributed by atoms with van der Waals surface area (Å²) in [5.41, 5.74) is 6.19. The van der Waals surface area contributed by atoms with Crippen molar-refractivity contribution in [2.24, 2.45) is 5.10 Å². The lowest BCUT2D eigenvalue weighted by atomic mass is 10.2. The Kier molecular flexibility index (Phi) is 5.34. The molecular weight excluding hydrogens is 352 g/mol. The zero-order valence-corrected chi connectivity index (χ0v) is 14.8. The van der Waals surface area contributed by atoms with Crippen molar-refractivity contribution in [2.45, 2.75) is 13.5 Å². The van der Waals surface area contributed by atoms with Gasteiger partial charge in [-0.15, -0.1) is 0 Å². The molecule has 0 spiro atoms. The van der Waals surface area contributed by atoms with Gasteiger partial charge in [-0.2, -0.15) is 10.2 Å². The van der Waals surface area contributed by atoms with Crippen molar-refractivity contribution >= 4 is 29.5 Å². The normalized spacial score (nSPS) is 11.0. The maximum absolute atomic E-state index is 10.7. The van der Waals surface area contributed by atoms with Crippen molar-refractivity contribution in [3.8, 4) is 0 Å². The molecule has 26 heavy (non-hydrogen) atoms. The van der Waals surface area contributed by atoms with Crippen molar-refractivity contribution in [3.05, 3.63) is 82.1 Å². The van der Waals surface area contributed by atoms with Crippen LogP contribution in [0, 0.1) is 6.92 Å². The first-order valence-corrected chi connectivity index (χ1v) is 8.29. The molecule has 0 amide bonds. The van der Waals surface area contributed by atoms with Crippen molar-refractivity contribution in [1.29, 1.82) is 0 Å². The van der Waals surface area contributed by atoms with Crippen molar-refractivity contribution in [3.63, 3.8) is 0 Å². The van der Waals surface area contributed by atoms with E-state index in [-0.39, 0.29) is 5.56 Å². The highest BCUT2D eigenvalue weighted by atomic mass is 35.5. The Morgan fingerprint density at radius 1 is 1.23 bits per heavy atom. The molecule has 0 saturated carbocycles. The number of anilines is 1. The van der Waals surface area contributed by atoms with E-state index in [4.69, 9.17) is 11.6 Å². The van der Waals surface area contributed by atoms with Crippen LogP contribution in [0.3, 0.4) is 0 Å². The Morgan fingerprint density at radius 2 is 1.92 bits per heavy atom. The molecule has 0 atom stereocenters. The molecule has 7 heteroatoms. The third-order valence-electron chi connectivity index (χ3n) is 3.79. The lowest BCUT2D eigenvalue weighted by Crippen LogP contribution is -2.21. The van der Waals surface area contributed by atoms with Gasteiger partial charge < -0.3 is 9.90 Å². The van der Waals surface area contributed by atoms with Crippen molar-refractivity contribution < 1.29 is 9.90 Å². The third-order valence-corrected chi connectivity index (χ3v) is 4.19. The number of nitrogens with zero attached hydrogens (tertiary/aromatic N) is 3. The highest BCUT2D eigenvalue weighted by molar-refractivity contribution is 6.32. The van der Waals surface area contributed by atoms with E-state index in [1.165, 1.54) is 12.1 Å². The molecule has 6 nitrogen and oxygen atoms in total. The summed E-state index contributed by atoms with van der Waals surface area (Å²) in [6, 6.07) is 16.0. The van der Waals surface area contributed by atoms with Gasteiger partial charge in [-0.25, -0.2) is 4.68 Å². The zero-order valence-electron chi connectivity index (χ0n) is 14.0. The Bertz CT molecular complexity index is 934. The quantitative estimate of drug-likeness (QED) is 0.536. The summed E-state index contributed by atoms with van der Waals surface area (Å²) in [6.07, 6.45) is 1.60. The molecule has 0 aliphatic rings. The summed E-state index contributed by atoms with van der Waals surface area (Å²) in [4.78, 5) is 10.7. The Balaban J connectivity index is 1.71. The fourth-order valence-corrected chi connectivity index (χ4v) is 2.71. The van der Waals surface area contributed by atoms with E-state index >= 15 is 0 Å². The number of hydrogen-bond acceptors (Lipinski definition) is 5. The van der Waals surface area contributed by atoms with Gasteiger partial charge in [0.1, 0.15) is 5.15 Å². The molecule has 1 N–H and O–H groups in total. The topological polar surface area (TPSA) is 82.3 Å². The summed E-state index contributed by atoms with van der Waals surface area (Å²) >= 11 is 6.43. The summed E-state index contributed by atoms with van der Waals surface area (Å²) in [7, 11) is 0. The first-order valence-electron chi connectivity index (χ1n) is 7.92. The van der Waals surface area contributed by atoms with Crippen molar-refractivity contribution in [1.82, 2.24) is 9.78 Å². The van der Waals surface area contributed by atoms with Gasteiger partial charge in [0, 0.05) is 0 Å². The molecule has 0 aliphatic carbocycles. The summed E-state index contributed by atoms with van der Waals surface area (Å²) < 4.78 is 1.72. The highest BCUT2D eigenvalue weighted by Gasteiger charge is 2.11. The number of carboxylic acid groups (broad SMARTS) is 1. The number of carbonyl (C=O) groups excluding carboxylic acids is 1. The molecule has 0 unspecified atom stereocenters. The van der Waals surface area contributed by atoms with Gasteiger partial charge in [0.25, 0.3) is 0 Å². The molecule has 3 rings (SSSR count). The molecule has 3 aromatic rings. The van der Waals surface area contributed by atoms with E-state index in [2.05, 4.69) is 15.6 Å². The molecule has 132 valence electrons. The number of hydrazone groups is 1. The molecule has 1 heterocycles. The molecule has 0 bridgehead atoms. The van der Waals surface area contributed by atoms with E-state index in [1.807, 2.05) is 37.3 Å². The van der Waals surface area contributed by atoms with E-state index in [9.17, 15) is 9.90 Å². The van der Waals surface area contributed by atoms with Crippen LogP contribution < -0.4 is 10.5 Å². The number of nitrogens with one attached hydrogen (secondary N) is 1. The van der Waals surface area contributed by atoms with Gasteiger partial charge in [0.05, 0.1) is 35.7 Å². The van der Waals surface area contributed by atoms with Crippen LogP contribution in [0.5, 0.6) is 0 Å². The minimum absolute atomic E-state index is 0.112. The van der Waals surface area contributed by atoms with Gasteiger partial charge >= 0.3 is 0 Å². The number of rotatable bonds is 6. The van der Waals surface area contributed by atoms with Crippen LogP contribution in [-0.4, -0.2) is 22.0 Å². The zero-order chi connectivity index (χ0) is 18.5. The maximum Gasteiger partial charge on any atom is 0.136 e. The van der Waals surface area contributed by atoms with Crippen LogP contribution in [0.2, 0.25) is 5.15 Å². The number of aromatic carboxylic acids is 1. The van der Waals surface area contributed by atoms with Gasteiger partial charge in [0.15, 0.2) is 0 Å². The number of aryl methyl sites for hydroxylation is 1. The number of carboxylic acids is 1. The maximum atomic E-state index is 10.7. The van der Waals surface area contributed by atoms with Crippen LogP contribution in [0.15, 0.2) is 59.7 Å². The molecule has 2 aromatic carbocycles. The summed E-state index contributed by atoms with van der Waals surface area (Å²) in [5.74, 6) is -1.21. The second-order valence-corrected chi connectivity index (χ2v) is 6.03. The second kappa shape index (κ2) is 7.84. The number of aromatic nitrogens is 2. The Hall–Kier alpha value is -3.12. The summed E-state index contributed by atoms with van der Waals surface area (Å²) in [6.45, 7) is 2.44. The number of halogens is 1. The first-order chi connectivity index (χ1) is 12.5. The van der Waals surface area contributed by atoms with Crippen LogP contribution in [-0.2, 0) is 6.54 Å². The second-order valence-electron chi connectivity index (χ2n) is 5.67. The van der Waals surface area contributed by atoms with Crippen LogP contribution in [0.25, 0.3) is 0 Å². The number of benzene rings is 2. The molecule has 1 aromatic heterocycles. The average molecular weight is 368 g/mol. The molecular formula is C19H16ClN4O2-. The van der Waals surface area contributed by atoms with Gasteiger partial charge in [-0.05, 0) is 30.2 Å². The SMILES string of the molecule is Cc1nn(Cc2ccccc2)c(Cl)c1/C=N\Nc1ccc(C(=O)[O-])cc1. The standard InChI is InChI=1S/C19H17ClN4O2/c1-13-17(11-21-22-16-9-7-15(8-10-16)19(25)26)18(20)24(23-13)12-14-5-3-2-4-6-14/h2-11,22H,12H2,1H3,(H,25,26)/p-1/b21-11-. The minimum atomic E-state index is -1.21. The fraction of sp³-hybridized carbons (Fsp3) is 0.105. The minimum Gasteiger partial charge on any atom is -0.545 e. The van der Waals surface area contributed by atoms with Crippen LogP contribution in [0.4, 0.5) is 5.69 Å². The molecule has 0 fully saturated rings. The predicted molar refractivity (Wildman–Crippen MR) is 99.5 cm³/mol. The monoisotopic (exact) mass is 367 g/mol. The van der Waals surface area contributed by atoms with Gasteiger partial charge in [0.2, 0.25) is 0 Å². The number of carbonyl (C=O) groups is 1. The fourth-order valence-electron chi connectivity index (χ4n) is 2.43. The Labute approximate surface area is 155 Å². The van der Waals surface area contributed by atoms with Gasteiger partial charge in [-0.3, -0.25) is 5.43 Å². The van der Waals surface area contributed by atoms with E-state index in [0.29, 0.717) is 17.4 Å². The van der Waals surface area contributed by atoms with Crippen LogP contribution in [0.1, 0.15) is 27.2 Å². The third kappa shape index (κ3) is 4.10.